The van der Waals surface area contributed by atoms with Crippen LogP contribution in [0.15, 0.2) is 72.8 Å². The molecule has 0 aromatic heterocycles. The number of thioether (sulfide) groups is 1. The van der Waals surface area contributed by atoms with Crippen molar-refractivity contribution >= 4 is 46.8 Å². The Hall–Kier alpha value is -2.47. The number of benzene rings is 3. The molecule has 0 heterocycles. The third-order valence-corrected chi connectivity index (χ3v) is 7.91. The van der Waals surface area contributed by atoms with Gasteiger partial charge in [-0.15, -0.1) is 11.8 Å². The summed E-state index contributed by atoms with van der Waals surface area (Å²) >= 11 is 13.7. The molecule has 0 aliphatic carbocycles. The summed E-state index contributed by atoms with van der Waals surface area (Å²) in [7, 11) is 0. The highest BCUT2D eigenvalue weighted by atomic mass is 35.5. The van der Waals surface area contributed by atoms with Crippen LogP contribution in [0.4, 0.5) is 0 Å². The van der Waals surface area contributed by atoms with E-state index in [0.717, 1.165) is 28.7 Å². The van der Waals surface area contributed by atoms with Crippen molar-refractivity contribution in [3.8, 4) is 0 Å². The lowest BCUT2D eigenvalue weighted by Crippen LogP contribution is -2.52. The first-order valence-electron chi connectivity index (χ1n) is 12.5. The zero-order valence-corrected chi connectivity index (χ0v) is 23.9. The number of nitrogens with zero attached hydrogens (tertiary/aromatic N) is 1. The second-order valence-corrected chi connectivity index (χ2v) is 11.1. The molecule has 7 heteroatoms. The fourth-order valence-electron chi connectivity index (χ4n) is 3.97. The number of halogens is 2. The van der Waals surface area contributed by atoms with E-state index >= 15 is 0 Å². The van der Waals surface area contributed by atoms with E-state index in [9.17, 15) is 9.59 Å². The van der Waals surface area contributed by atoms with E-state index in [1.807, 2.05) is 81.4 Å². The number of hydrogen-bond donors (Lipinski definition) is 1. The Bertz CT molecular complexity index is 1190. The molecule has 0 bridgehead atoms. The van der Waals surface area contributed by atoms with Crippen molar-refractivity contribution in [3.05, 3.63) is 105 Å². The Morgan fingerprint density at radius 2 is 1.65 bits per heavy atom. The highest BCUT2D eigenvalue weighted by Gasteiger charge is 2.30. The molecule has 1 N–H and O–H groups in total. The van der Waals surface area contributed by atoms with Crippen molar-refractivity contribution in [1.29, 1.82) is 0 Å². The first-order valence-corrected chi connectivity index (χ1v) is 14.4. The van der Waals surface area contributed by atoms with Gasteiger partial charge in [-0.2, -0.15) is 0 Å². The van der Waals surface area contributed by atoms with Gasteiger partial charge in [0, 0.05) is 24.8 Å². The van der Waals surface area contributed by atoms with Crippen LogP contribution in [0.5, 0.6) is 0 Å². The van der Waals surface area contributed by atoms with Crippen molar-refractivity contribution in [2.75, 3.05) is 5.75 Å². The summed E-state index contributed by atoms with van der Waals surface area (Å²) in [5, 5.41) is 4.11. The number of rotatable bonds is 12. The van der Waals surface area contributed by atoms with Gasteiger partial charge < -0.3 is 10.2 Å². The van der Waals surface area contributed by atoms with Gasteiger partial charge in [-0.05, 0) is 49.1 Å². The molecule has 2 amide bonds. The topological polar surface area (TPSA) is 49.4 Å². The summed E-state index contributed by atoms with van der Waals surface area (Å²) in [6, 6.07) is 22.8. The summed E-state index contributed by atoms with van der Waals surface area (Å²) in [6.07, 6.45) is 1.26. The molecule has 0 aliphatic rings. The fourth-order valence-corrected chi connectivity index (χ4v) is 5.15. The van der Waals surface area contributed by atoms with E-state index in [1.165, 1.54) is 11.8 Å². The predicted octanol–water partition coefficient (Wildman–Crippen LogP) is 7.09. The Balaban J connectivity index is 1.85. The molecule has 0 radical (unpaired) electrons. The van der Waals surface area contributed by atoms with E-state index in [-0.39, 0.29) is 23.6 Å². The largest absolute Gasteiger partial charge is 0.352 e. The first-order chi connectivity index (χ1) is 17.8. The minimum atomic E-state index is -0.630. The molecule has 2 atom stereocenters. The maximum absolute atomic E-state index is 13.7. The number of carbonyl (C=O) groups excluding carboxylic acids is 2. The SMILES string of the molecule is CC[C@H](C)NC(=O)[C@@H](Cc1ccccc1)N(Cc1cccc(C)c1)C(=O)CSCc1ccc(Cl)c(Cl)c1. The van der Waals surface area contributed by atoms with Crippen LogP contribution in [0.1, 0.15) is 42.5 Å². The van der Waals surface area contributed by atoms with Gasteiger partial charge in [0.1, 0.15) is 6.04 Å². The van der Waals surface area contributed by atoms with Crippen molar-refractivity contribution < 1.29 is 9.59 Å². The fraction of sp³-hybridized carbons (Fsp3) is 0.333. The molecule has 0 saturated carbocycles. The molecule has 0 saturated heterocycles. The normalized spacial score (nSPS) is 12.6. The average molecular weight is 558 g/mol. The summed E-state index contributed by atoms with van der Waals surface area (Å²) < 4.78 is 0. The number of hydrogen-bond acceptors (Lipinski definition) is 3. The molecular formula is C30H34Cl2N2O2S. The standard InChI is InChI=1S/C30H34Cl2N2O2S/c1-4-22(3)33-30(36)28(17-23-10-6-5-7-11-23)34(18-24-12-8-9-21(2)15-24)29(35)20-37-19-25-13-14-26(31)27(32)16-25/h5-16,22,28H,4,17-20H2,1-3H3,(H,33,36)/t22-,28+/m0/s1. The minimum Gasteiger partial charge on any atom is -0.352 e. The molecule has 0 fully saturated rings. The molecule has 4 nitrogen and oxygen atoms in total. The summed E-state index contributed by atoms with van der Waals surface area (Å²) in [5.74, 6) is 0.651. The van der Waals surface area contributed by atoms with Gasteiger partial charge in [-0.3, -0.25) is 9.59 Å². The van der Waals surface area contributed by atoms with E-state index in [0.29, 0.717) is 28.8 Å². The van der Waals surface area contributed by atoms with Crippen LogP contribution in [-0.4, -0.2) is 34.6 Å². The molecule has 3 aromatic carbocycles. The lowest BCUT2D eigenvalue weighted by atomic mass is 10.0. The van der Waals surface area contributed by atoms with Gasteiger partial charge in [0.25, 0.3) is 0 Å². The first kappa shape index (κ1) is 29.1. The van der Waals surface area contributed by atoms with Crippen molar-refractivity contribution in [2.24, 2.45) is 0 Å². The van der Waals surface area contributed by atoms with Gasteiger partial charge in [0.2, 0.25) is 11.8 Å². The third-order valence-electron chi connectivity index (χ3n) is 6.19. The number of nitrogens with one attached hydrogen (secondary N) is 1. The highest BCUT2D eigenvalue weighted by molar-refractivity contribution is 7.99. The Morgan fingerprint density at radius 3 is 2.32 bits per heavy atom. The van der Waals surface area contributed by atoms with Crippen molar-refractivity contribution in [1.82, 2.24) is 10.2 Å². The average Bonchev–Trinajstić information content (AvgIpc) is 2.88. The molecule has 3 aromatic rings. The number of amides is 2. The third kappa shape index (κ3) is 9.10. The molecule has 37 heavy (non-hydrogen) atoms. The zero-order chi connectivity index (χ0) is 26.8. The lowest BCUT2D eigenvalue weighted by Gasteiger charge is -2.32. The van der Waals surface area contributed by atoms with Gasteiger partial charge >= 0.3 is 0 Å². The lowest BCUT2D eigenvalue weighted by molar-refractivity contribution is -0.139. The van der Waals surface area contributed by atoms with Gasteiger partial charge in [0.05, 0.1) is 15.8 Å². The highest BCUT2D eigenvalue weighted by Crippen LogP contribution is 2.25. The van der Waals surface area contributed by atoms with Crippen LogP contribution in [0.3, 0.4) is 0 Å². The van der Waals surface area contributed by atoms with Gasteiger partial charge in [-0.1, -0.05) is 96.4 Å². The summed E-state index contributed by atoms with van der Waals surface area (Å²) in [4.78, 5) is 29.0. The van der Waals surface area contributed by atoms with Crippen LogP contribution in [0.25, 0.3) is 0 Å². The Kier molecular flexibility index (Phi) is 11.4. The minimum absolute atomic E-state index is 0.0192. The van der Waals surface area contributed by atoms with Crippen LogP contribution in [-0.2, 0) is 28.3 Å². The van der Waals surface area contributed by atoms with Crippen LogP contribution in [0, 0.1) is 6.92 Å². The molecule has 0 aliphatic heterocycles. The molecule has 0 unspecified atom stereocenters. The van der Waals surface area contributed by atoms with Crippen molar-refractivity contribution in [3.63, 3.8) is 0 Å². The van der Waals surface area contributed by atoms with E-state index in [1.54, 1.807) is 11.0 Å². The maximum atomic E-state index is 13.7. The van der Waals surface area contributed by atoms with Gasteiger partial charge in [-0.25, -0.2) is 0 Å². The number of aryl methyl sites for hydroxylation is 1. The van der Waals surface area contributed by atoms with Gasteiger partial charge in [0.15, 0.2) is 0 Å². The zero-order valence-electron chi connectivity index (χ0n) is 21.5. The monoisotopic (exact) mass is 556 g/mol. The van der Waals surface area contributed by atoms with E-state index < -0.39 is 6.04 Å². The second kappa shape index (κ2) is 14.5. The quantitative estimate of drug-likeness (QED) is 0.259. The molecule has 3 rings (SSSR count). The Morgan fingerprint density at radius 1 is 0.919 bits per heavy atom. The summed E-state index contributed by atoms with van der Waals surface area (Å²) in [6.45, 7) is 6.41. The second-order valence-electron chi connectivity index (χ2n) is 9.28. The molecule has 0 spiro atoms. The van der Waals surface area contributed by atoms with Crippen LogP contribution < -0.4 is 5.32 Å². The predicted molar refractivity (Wildman–Crippen MR) is 156 cm³/mol. The molecular weight excluding hydrogens is 523 g/mol. The molecule has 196 valence electrons. The smallest absolute Gasteiger partial charge is 0.243 e. The van der Waals surface area contributed by atoms with Crippen molar-refractivity contribution in [2.45, 2.75) is 58.0 Å². The van der Waals surface area contributed by atoms with E-state index in [4.69, 9.17) is 23.2 Å². The summed E-state index contributed by atoms with van der Waals surface area (Å²) in [5.41, 5.74) is 4.12. The number of carbonyl (C=O) groups is 2. The maximum Gasteiger partial charge on any atom is 0.243 e. The van der Waals surface area contributed by atoms with E-state index in [2.05, 4.69) is 11.4 Å². The van der Waals surface area contributed by atoms with Crippen LogP contribution >= 0.6 is 35.0 Å². The van der Waals surface area contributed by atoms with Crippen LogP contribution in [0.2, 0.25) is 10.0 Å². The Labute approximate surface area is 234 Å².